The quantitative estimate of drug-likeness (QED) is 0.510. The largest absolute Gasteiger partial charge is 0.493 e. The maximum absolute atomic E-state index is 13.0. The summed E-state index contributed by atoms with van der Waals surface area (Å²) < 4.78 is 8.92. The van der Waals surface area contributed by atoms with Gasteiger partial charge in [-0.1, -0.05) is 18.2 Å². The molecule has 33 heavy (non-hydrogen) atoms. The molecule has 0 atom stereocenters. The monoisotopic (exact) mass is 452 g/mol. The van der Waals surface area contributed by atoms with Gasteiger partial charge >= 0.3 is 0 Å². The van der Waals surface area contributed by atoms with Crippen LogP contribution in [0.25, 0.3) is 0 Å². The number of carbonyl (C=O) groups is 2. The summed E-state index contributed by atoms with van der Waals surface area (Å²) in [6.07, 6.45) is 3.41. The number of aromatic nitrogens is 4. The molecule has 0 radical (unpaired) electrons. The molecule has 0 saturated carbocycles. The van der Waals surface area contributed by atoms with E-state index in [-0.39, 0.29) is 37.4 Å². The van der Waals surface area contributed by atoms with E-state index in [9.17, 15) is 9.59 Å². The maximum atomic E-state index is 13.0. The number of nitrogens with one attached hydrogen (secondary N) is 1. The summed E-state index contributed by atoms with van der Waals surface area (Å²) in [6.45, 7) is 8.80. The van der Waals surface area contributed by atoms with Crippen LogP contribution in [0.15, 0.2) is 42.7 Å². The molecule has 176 valence electrons. The predicted octanol–water partition coefficient (Wildman–Crippen LogP) is 3.08. The molecule has 1 N–H and O–H groups in total. The Morgan fingerprint density at radius 3 is 2.55 bits per heavy atom. The molecule has 1 aromatic carbocycles. The Hall–Kier alpha value is -3.62. The number of amides is 2. The minimum absolute atomic E-state index is 0.0239. The van der Waals surface area contributed by atoms with E-state index in [0.29, 0.717) is 12.2 Å². The summed E-state index contributed by atoms with van der Waals surface area (Å²) in [5, 5.41) is 11.5. The van der Waals surface area contributed by atoms with Crippen LogP contribution < -0.4 is 10.1 Å². The van der Waals surface area contributed by atoms with Gasteiger partial charge in [-0.2, -0.15) is 10.2 Å². The van der Waals surface area contributed by atoms with Crippen molar-refractivity contribution in [3.63, 3.8) is 0 Å². The molecule has 0 aliphatic carbocycles. The van der Waals surface area contributed by atoms with Crippen LogP contribution in [-0.4, -0.2) is 48.9 Å². The zero-order valence-corrected chi connectivity index (χ0v) is 19.9. The number of anilines is 1. The Kier molecular flexibility index (Phi) is 7.87. The molecule has 2 amide bonds. The van der Waals surface area contributed by atoms with Gasteiger partial charge in [0.25, 0.3) is 0 Å². The highest BCUT2D eigenvalue weighted by atomic mass is 16.5. The SMILES string of the molecule is Cc1nn(C)c(C)c1CN(C(=O)Cn1cc(NC(=O)CCOc2ccccc2)cn1)C(C)C. The minimum atomic E-state index is -0.178. The first-order chi connectivity index (χ1) is 15.7. The van der Waals surface area contributed by atoms with Crippen molar-refractivity contribution >= 4 is 17.5 Å². The molecule has 0 saturated heterocycles. The van der Waals surface area contributed by atoms with Crippen molar-refractivity contribution in [1.29, 1.82) is 0 Å². The Bertz CT molecular complexity index is 1090. The summed E-state index contributed by atoms with van der Waals surface area (Å²) in [6, 6.07) is 9.38. The van der Waals surface area contributed by atoms with E-state index in [4.69, 9.17) is 4.74 Å². The molecule has 3 aromatic rings. The highest BCUT2D eigenvalue weighted by molar-refractivity contribution is 5.90. The molecular formula is C24H32N6O3. The average molecular weight is 453 g/mol. The summed E-state index contributed by atoms with van der Waals surface area (Å²) in [4.78, 5) is 27.0. The number of hydrogen-bond donors (Lipinski definition) is 1. The third-order valence-corrected chi connectivity index (χ3v) is 5.49. The normalized spacial score (nSPS) is 11.0. The van der Waals surface area contributed by atoms with E-state index in [0.717, 1.165) is 22.7 Å². The molecule has 0 unspecified atom stereocenters. The Labute approximate surface area is 194 Å². The smallest absolute Gasteiger partial charge is 0.244 e. The number of benzene rings is 1. The van der Waals surface area contributed by atoms with Crippen molar-refractivity contribution < 1.29 is 14.3 Å². The minimum Gasteiger partial charge on any atom is -0.493 e. The van der Waals surface area contributed by atoms with Gasteiger partial charge in [-0.15, -0.1) is 0 Å². The maximum Gasteiger partial charge on any atom is 0.244 e. The first kappa shape index (κ1) is 24.0. The molecule has 0 aliphatic heterocycles. The van der Waals surface area contributed by atoms with E-state index < -0.39 is 0 Å². The van der Waals surface area contributed by atoms with Gasteiger partial charge in [0.15, 0.2) is 0 Å². The highest BCUT2D eigenvalue weighted by Crippen LogP contribution is 2.17. The molecule has 0 aliphatic rings. The molecular weight excluding hydrogens is 420 g/mol. The molecule has 9 heteroatoms. The molecule has 2 heterocycles. The first-order valence-electron chi connectivity index (χ1n) is 11.0. The predicted molar refractivity (Wildman–Crippen MR) is 126 cm³/mol. The fraction of sp³-hybridized carbons (Fsp3) is 0.417. The second-order valence-corrected chi connectivity index (χ2v) is 8.27. The zero-order chi connectivity index (χ0) is 24.0. The fourth-order valence-electron chi connectivity index (χ4n) is 3.52. The lowest BCUT2D eigenvalue weighted by Crippen LogP contribution is -2.39. The van der Waals surface area contributed by atoms with Crippen molar-refractivity contribution in [2.45, 2.75) is 53.2 Å². The Morgan fingerprint density at radius 1 is 1.18 bits per heavy atom. The van der Waals surface area contributed by atoms with Crippen LogP contribution >= 0.6 is 0 Å². The number of ether oxygens (including phenoxy) is 1. The van der Waals surface area contributed by atoms with Crippen LogP contribution in [-0.2, 0) is 29.7 Å². The summed E-state index contributed by atoms with van der Waals surface area (Å²) in [5.74, 6) is 0.496. The lowest BCUT2D eigenvalue weighted by atomic mass is 10.1. The first-order valence-corrected chi connectivity index (χ1v) is 11.0. The van der Waals surface area contributed by atoms with Crippen molar-refractivity contribution in [3.05, 3.63) is 59.7 Å². The molecule has 9 nitrogen and oxygen atoms in total. The summed E-state index contributed by atoms with van der Waals surface area (Å²) in [5.41, 5.74) is 3.58. The molecule has 3 rings (SSSR count). The van der Waals surface area contributed by atoms with Crippen LogP contribution in [0.2, 0.25) is 0 Å². The lowest BCUT2D eigenvalue weighted by Gasteiger charge is -2.27. The Morgan fingerprint density at radius 2 is 1.91 bits per heavy atom. The molecule has 0 bridgehead atoms. The summed E-state index contributed by atoms with van der Waals surface area (Å²) in [7, 11) is 1.90. The van der Waals surface area contributed by atoms with Crippen LogP contribution in [0, 0.1) is 13.8 Å². The second-order valence-electron chi connectivity index (χ2n) is 8.27. The second kappa shape index (κ2) is 10.8. The van der Waals surface area contributed by atoms with Gasteiger partial charge < -0.3 is 15.0 Å². The third kappa shape index (κ3) is 6.44. The number of nitrogens with zero attached hydrogens (tertiary/aromatic N) is 5. The van der Waals surface area contributed by atoms with Gasteiger partial charge in [-0.05, 0) is 39.8 Å². The van der Waals surface area contributed by atoms with Crippen LogP contribution in [0.1, 0.15) is 37.2 Å². The van der Waals surface area contributed by atoms with Crippen LogP contribution in [0.4, 0.5) is 5.69 Å². The summed E-state index contributed by atoms with van der Waals surface area (Å²) >= 11 is 0. The average Bonchev–Trinajstić information content (AvgIpc) is 3.29. The van der Waals surface area contributed by atoms with Crippen molar-refractivity contribution in [2.75, 3.05) is 11.9 Å². The molecule has 0 spiro atoms. The topological polar surface area (TPSA) is 94.3 Å². The number of rotatable bonds is 10. The van der Waals surface area contributed by atoms with Crippen LogP contribution in [0.5, 0.6) is 5.75 Å². The third-order valence-electron chi connectivity index (χ3n) is 5.49. The van der Waals surface area contributed by atoms with E-state index in [1.807, 2.05) is 74.7 Å². The highest BCUT2D eigenvalue weighted by Gasteiger charge is 2.21. The number of carbonyl (C=O) groups excluding carboxylic acids is 2. The van der Waals surface area contributed by atoms with E-state index >= 15 is 0 Å². The zero-order valence-electron chi connectivity index (χ0n) is 19.9. The van der Waals surface area contributed by atoms with E-state index in [1.54, 1.807) is 12.4 Å². The van der Waals surface area contributed by atoms with E-state index in [2.05, 4.69) is 15.5 Å². The number of aryl methyl sites for hydroxylation is 2. The van der Waals surface area contributed by atoms with Crippen molar-refractivity contribution in [1.82, 2.24) is 24.5 Å². The van der Waals surface area contributed by atoms with Gasteiger partial charge in [0.2, 0.25) is 11.8 Å². The standard InChI is InChI=1S/C24H32N6O3/c1-17(2)30(15-22-18(3)27-28(5)19(22)4)24(32)16-29-14-20(13-25-29)26-23(31)11-12-33-21-9-7-6-8-10-21/h6-10,13-14,17H,11-12,15-16H2,1-5H3,(H,26,31). The number of para-hydroxylation sites is 1. The Balaban J connectivity index is 1.53. The van der Waals surface area contributed by atoms with Gasteiger partial charge in [-0.25, -0.2) is 0 Å². The van der Waals surface area contributed by atoms with Gasteiger partial charge in [0, 0.05) is 37.1 Å². The van der Waals surface area contributed by atoms with E-state index in [1.165, 1.54) is 4.68 Å². The van der Waals surface area contributed by atoms with Crippen LogP contribution in [0.3, 0.4) is 0 Å². The van der Waals surface area contributed by atoms with Gasteiger partial charge in [0.1, 0.15) is 12.3 Å². The molecule has 0 fully saturated rings. The van der Waals surface area contributed by atoms with Crippen molar-refractivity contribution in [2.24, 2.45) is 7.05 Å². The van der Waals surface area contributed by atoms with Gasteiger partial charge in [-0.3, -0.25) is 19.0 Å². The fourth-order valence-corrected chi connectivity index (χ4v) is 3.52. The lowest BCUT2D eigenvalue weighted by molar-refractivity contribution is -0.134. The van der Waals surface area contributed by atoms with Crippen molar-refractivity contribution in [3.8, 4) is 5.75 Å². The number of hydrogen-bond acceptors (Lipinski definition) is 5. The molecule has 2 aromatic heterocycles. The van der Waals surface area contributed by atoms with Gasteiger partial charge in [0.05, 0.1) is 30.6 Å².